The van der Waals surface area contributed by atoms with Gasteiger partial charge in [0.1, 0.15) is 0 Å². The number of rotatable bonds is 1. The van der Waals surface area contributed by atoms with Crippen molar-refractivity contribution in [3.63, 3.8) is 0 Å². The third-order valence-corrected chi connectivity index (χ3v) is 2.93. The molecule has 0 unspecified atom stereocenters. The van der Waals surface area contributed by atoms with Crippen LogP contribution in [0.2, 0.25) is 0 Å². The quantitative estimate of drug-likeness (QED) is 0.506. The molecule has 17 heavy (non-hydrogen) atoms. The van der Waals surface area contributed by atoms with Crippen LogP contribution in [0, 0.1) is 5.21 Å². The Hall–Kier alpha value is -2.10. The number of benzene rings is 3. The van der Waals surface area contributed by atoms with Gasteiger partial charge < -0.3 is 10.4 Å². The largest absolute Gasteiger partial charge is 0.733 e. The lowest BCUT2D eigenvalue weighted by Gasteiger charge is -2.25. The van der Waals surface area contributed by atoms with Crippen LogP contribution in [0.25, 0.3) is 21.5 Å². The Morgan fingerprint density at radius 1 is 0.824 bits per heavy atom. The van der Waals surface area contributed by atoms with E-state index in [1.165, 1.54) is 0 Å². The average Bonchev–Trinajstić information content (AvgIpc) is 2.35. The molecule has 3 heteroatoms. The molecule has 0 aliphatic heterocycles. The second-order valence-corrected chi connectivity index (χ2v) is 3.94. The first kappa shape index (κ1) is 10.1. The Morgan fingerprint density at radius 3 is 1.76 bits per heavy atom. The van der Waals surface area contributed by atoms with Crippen molar-refractivity contribution in [2.75, 3.05) is 5.23 Å². The summed E-state index contributed by atoms with van der Waals surface area (Å²) in [4.78, 5) is 0. The molecule has 0 heterocycles. The molecule has 3 nitrogen and oxygen atoms in total. The van der Waals surface area contributed by atoms with Gasteiger partial charge in [-0.2, -0.15) is 0 Å². The SMILES string of the molecule is [O-]N(O)c1c2ccccc2cc2ccccc12. The zero-order valence-electron chi connectivity index (χ0n) is 9.00. The molecule has 0 amide bonds. The maximum absolute atomic E-state index is 11.3. The average molecular weight is 224 g/mol. The van der Waals surface area contributed by atoms with Gasteiger partial charge in [-0.05, 0) is 16.8 Å². The topological polar surface area (TPSA) is 46.5 Å². The molecular weight excluding hydrogens is 214 g/mol. The van der Waals surface area contributed by atoms with Crippen LogP contribution in [0.15, 0.2) is 54.6 Å². The molecule has 84 valence electrons. The Bertz CT molecular complexity index is 638. The Balaban J connectivity index is 2.56. The summed E-state index contributed by atoms with van der Waals surface area (Å²) < 4.78 is 0. The predicted octanol–water partition coefficient (Wildman–Crippen LogP) is 3.69. The number of nitrogens with zero attached hydrogens (tertiary/aromatic N) is 1. The standard InChI is InChI=1S/C14H10NO2/c16-15(17)14-12-7-3-1-5-10(12)9-11-6-2-4-8-13(11)14/h1-9,16H/q-1. The van der Waals surface area contributed by atoms with Gasteiger partial charge >= 0.3 is 0 Å². The highest BCUT2D eigenvalue weighted by atomic mass is 16.8. The Kier molecular flexibility index (Phi) is 2.21. The molecule has 1 N–H and O–H groups in total. The highest BCUT2D eigenvalue weighted by Crippen LogP contribution is 2.34. The van der Waals surface area contributed by atoms with Gasteiger partial charge in [-0.25, -0.2) is 0 Å². The van der Waals surface area contributed by atoms with Gasteiger partial charge in [-0.3, -0.25) is 5.21 Å². The molecule has 0 bridgehead atoms. The summed E-state index contributed by atoms with van der Waals surface area (Å²) in [5.74, 6) is 0. The van der Waals surface area contributed by atoms with E-state index < -0.39 is 0 Å². The minimum absolute atomic E-state index is 0.0509. The maximum Gasteiger partial charge on any atom is 0.0665 e. The van der Waals surface area contributed by atoms with Crippen LogP contribution in [0.3, 0.4) is 0 Å². The number of fused-ring (bicyclic) bond motifs is 2. The summed E-state index contributed by atoms with van der Waals surface area (Å²) in [6.45, 7) is 0. The normalized spacial score (nSPS) is 10.9. The van der Waals surface area contributed by atoms with E-state index in [1.54, 1.807) is 0 Å². The lowest BCUT2D eigenvalue weighted by molar-refractivity contribution is 0.298. The van der Waals surface area contributed by atoms with Crippen LogP contribution in [-0.2, 0) is 0 Å². The molecular formula is C14H10NO2-. The minimum Gasteiger partial charge on any atom is -0.733 e. The molecule has 3 aromatic carbocycles. The van der Waals surface area contributed by atoms with Crippen molar-refractivity contribution < 1.29 is 5.21 Å². The fraction of sp³-hybridized carbons (Fsp3) is 0. The van der Waals surface area contributed by atoms with E-state index in [0.717, 1.165) is 21.5 Å². The summed E-state index contributed by atoms with van der Waals surface area (Å²) in [6, 6.07) is 17.0. The van der Waals surface area contributed by atoms with Gasteiger partial charge in [0, 0.05) is 10.8 Å². The van der Waals surface area contributed by atoms with Crippen molar-refractivity contribution in [2.45, 2.75) is 0 Å². The maximum atomic E-state index is 11.3. The lowest BCUT2D eigenvalue weighted by atomic mass is 10.0. The van der Waals surface area contributed by atoms with Gasteiger partial charge in [0.25, 0.3) is 0 Å². The first-order valence-corrected chi connectivity index (χ1v) is 5.34. The second kappa shape index (κ2) is 3.73. The van der Waals surface area contributed by atoms with Crippen LogP contribution in [0.5, 0.6) is 0 Å². The molecule has 0 aliphatic rings. The predicted molar refractivity (Wildman–Crippen MR) is 69.1 cm³/mol. The summed E-state index contributed by atoms with van der Waals surface area (Å²) >= 11 is 0. The molecule has 0 aliphatic carbocycles. The van der Waals surface area contributed by atoms with Crippen molar-refractivity contribution >= 4 is 27.2 Å². The fourth-order valence-electron chi connectivity index (χ4n) is 2.20. The van der Waals surface area contributed by atoms with E-state index in [1.807, 2.05) is 54.6 Å². The summed E-state index contributed by atoms with van der Waals surface area (Å²) in [5, 5.41) is 24.0. The monoisotopic (exact) mass is 224 g/mol. The van der Waals surface area contributed by atoms with Gasteiger partial charge in [-0.15, -0.1) is 0 Å². The summed E-state index contributed by atoms with van der Waals surface area (Å²) in [5.41, 5.74) is 0.304. The molecule has 0 saturated heterocycles. The Morgan fingerprint density at radius 2 is 1.29 bits per heavy atom. The molecule has 3 aromatic rings. The third-order valence-electron chi connectivity index (χ3n) is 2.93. The molecule has 0 atom stereocenters. The van der Waals surface area contributed by atoms with E-state index in [9.17, 15) is 10.4 Å². The van der Waals surface area contributed by atoms with Crippen molar-refractivity contribution in [1.82, 2.24) is 0 Å². The molecule has 0 spiro atoms. The van der Waals surface area contributed by atoms with Crippen molar-refractivity contribution in [2.24, 2.45) is 0 Å². The van der Waals surface area contributed by atoms with Crippen LogP contribution < -0.4 is 5.23 Å². The first-order chi connectivity index (χ1) is 8.27. The van der Waals surface area contributed by atoms with Gasteiger partial charge in [0.15, 0.2) is 0 Å². The number of anilines is 1. The second-order valence-electron chi connectivity index (χ2n) is 3.94. The molecule has 0 radical (unpaired) electrons. The van der Waals surface area contributed by atoms with Crippen LogP contribution in [0.1, 0.15) is 0 Å². The molecule has 0 fully saturated rings. The van der Waals surface area contributed by atoms with Gasteiger partial charge in [0.2, 0.25) is 0 Å². The minimum atomic E-state index is -0.0509. The van der Waals surface area contributed by atoms with E-state index in [-0.39, 0.29) is 5.23 Å². The smallest absolute Gasteiger partial charge is 0.0665 e. The third kappa shape index (κ3) is 1.53. The van der Waals surface area contributed by atoms with Crippen LogP contribution >= 0.6 is 0 Å². The molecule has 3 rings (SSSR count). The zero-order chi connectivity index (χ0) is 11.8. The summed E-state index contributed by atoms with van der Waals surface area (Å²) in [6.07, 6.45) is 0. The molecule has 0 aromatic heterocycles. The van der Waals surface area contributed by atoms with Gasteiger partial charge in [-0.1, -0.05) is 48.5 Å². The van der Waals surface area contributed by atoms with Crippen LogP contribution in [-0.4, -0.2) is 5.21 Å². The highest BCUT2D eigenvalue weighted by molar-refractivity contribution is 6.11. The van der Waals surface area contributed by atoms with Crippen molar-refractivity contribution in [3.05, 3.63) is 59.8 Å². The van der Waals surface area contributed by atoms with E-state index >= 15 is 0 Å². The zero-order valence-corrected chi connectivity index (χ0v) is 9.00. The summed E-state index contributed by atoms with van der Waals surface area (Å²) in [7, 11) is 0. The van der Waals surface area contributed by atoms with Crippen molar-refractivity contribution in [1.29, 1.82) is 0 Å². The number of hydrogen-bond acceptors (Lipinski definition) is 3. The van der Waals surface area contributed by atoms with Crippen molar-refractivity contribution in [3.8, 4) is 0 Å². The highest BCUT2D eigenvalue weighted by Gasteiger charge is 2.07. The van der Waals surface area contributed by atoms with E-state index in [0.29, 0.717) is 5.69 Å². The molecule has 0 saturated carbocycles. The lowest BCUT2D eigenvalue weighted by Crippen LogP contribution is -2.08. The van der Waals surface area contributed by atoms with Gasteiger partial charge in [0.05, 0.1) is 5.69 Å². The van der Waals surface area contributed by atoms with E-state index in [4.69, 9.17) is 0 Å². The first-order valence-electron chi connectivity index (χ1n) is 5.34. The van der Waals surface area contributed by atoms with E-state index in [2.05, 4.69) is 0 Å². The number of hydrogen-bond donors (Lipinski definition) is 1. The van der Waals surface area contributed by atoms with Crippen LogP contribution in [0.4, 0.5) is 5.69 Å². The fourth-order valence-corrected chi connectivity index (χ4v) is 2.20. The Labute approximate surface area is 98.1 Å².